The predicted octanol–water partition coefficient (Wildman–Crippen LogP) is 4.22. The average Bonchev–Trinajstić information content (AvgIpc) is 2.33. The molecular weight excluding hydrogens is 212 g/mol. The van der Waals surface area contributed by atoms with E-state index in [4.69, 9.17) is 9.47 Å². The quantitative estimate of drug-likeness (QED) is 0.629. The van der Waals surface area contributed by atoms with Crippen molar-refractivity contribution in [2.75, 3.05) is 13.2 Å². The molecule has 0 N–H and O–H groups in total. The van der Waals surface area contributed by atoms with Crippen LogP contribution in [0.3, 0.4) is 0 Å². The molecule has 1 aromatic rings. The fraction of sp³-hybridized carbons (Fsp3) is 0.600. The lowest BCUT2D eigenvalue weighted by molar-refractivity contribution is 0.287. The third kappa shape index (κ3) is 4.68. The Morgan fingerprint density at radius 1 is 0.882 bits per heavy atom. The largest absolute Gasteiger partial charge is 0.490 e. The Morgan fingerprint density at radius 2 is 1.59 bits per heavy atom. The van der Waals surface area contributed by atoms with Gasteiger partial charge >= 0.3 is 0 Å². The molecule has 0 fully saturated rings. The molecule has 0 saturated carbocycles. The molecule has 0 aromatic heterocycles. The van der Waals surface area contributed by atoms with E-state index in [1.54, 1.807) is 0 Å². The fourth-order valence-electron chi connectivity index (χ4n) is 1.83. The van der Waals surface area contributed by atoms with Gasteiger partial charge in [0.15, 0.2) is 11.5 Å². The van der Waals surface area contributed by atoms with E-state index in [2.05, 4.69) is 19.1 Å². The van der Waals surface area contributed by atoms with Crippen molar-refractivity contribution in [3.8, 4) is 11.5 Å². The van der Waals surface area contributed by atoms with Gasteiger partial charge < -0.3 is 9.47 Å². The summed E-state index contributed by atoms with van der Waals surface area (Å²) in [5.41, 5.74) is 1.34. The molecule has 0 aliphatic carbocycles. The zero-order chi connectivity index (χ0) is 12.5. The van der Waals surface area contributed by atoms with Gasteiger partial charge in [0.25, 0.3) is 0 Å². The molecule has 0 spiro atoms. The molecule has 0 aliphatic rings. The van der Waals surface area contributed by atoms with Crippen molar-refractivity contribution >= 4 is 0 Å². The van der Waals surface area contributed by atoms with Gasteiger partial charge in [0, 0.05) is 0 Å². The molecule has 0 atom stereocenters. The highest BCUT2D eigenvalue weighted by molar-refractivity contribution is 5.43. The van der Waals surface area contributed by atoms with Crippen molar-refractivity contribution in [3.05, 3.63) is 23.8 Å². The maximum atomic E-state index is 5.61. The minimum atomic E-state index is 0.676. The lowest BCUT2D eigenvalue weighted by atomic mass is 10.1. The molecule has 0 amide bonds. The van der Waals surface area contributed by atoms with Crippen LogP contribution in [0.2, 0.25) is 0 Å². The molecule has 0 heterocycles. The average molecular weight is 236 g/mol. The van der Waals surface area contributed by atoms with Gasteiger partial charge in [-0.25, -0.2) is 0 Å². The summed E-state index contributed by atoms with van der Waals surface area (Å²) >= 11 is 0. The van der Waals surface area contributed by atoms with Crippen LogP contribution >= 0.6 is 0 Å². The van der Waals surface area contributed by atoms with Crippen LogP contribution in [0.25, 0.3) is 0 Å². The van der Waals surface area contributed by atoms with Crippen molar-refractivity contribution in [1.29, 1.82) is 0 Å². The number of hydrogen-bond donors (Lipinski definition) is 0. The van der Waals surface area contributed by atoms with Gasteiger partial charge in [-0.2, -0.15) is 0 Å². The number of ether oxygens (including phenoxy) is 2. The molecule has 0 radical (unpaired) electrons. The summed E-state index contributed by atoms with van der Waals surface area (Å²) in [6.45, 7) is 7.57. The smallest absolute Gasteiger partial charge is 0.161 e. The summed E-state index contributed by atoms with van der Waals surface area (Å²) in [6, 6.07) is 6.28. The van der Waals surface area contributed by atoms with Gasteiger partial charge in [-0.05, 0) is 44.4 Å². The second-order valence-corrected chi connectivity index (χ2v) is 4.10. The van der Waals surface area contributed by atoms with Crippen LogP contribution < -0.4 is 9.47 Å². The van der Waals surface area contributed by atoms with Gasteiger partial charge in [0.1, 0.15) is 0 Å². The van der Waals surface area contributed by atoms with Crippen molar-refractivity contribution in [1.82, 2.24) is 0 Å². The lowest BCUT2D eigenvalue weighted by Crippen LogP contribution is -1.99. The maximum Gasteiger partial charge on any atom is 0.161 e. The highest BCUT2D eigenvalue weighted by Gasteiger charge is 2.05. The van der Waals surface area contributed by atoms with Crippen LogP contribution in [0, 0.1) is 0 Å². The van der Waals surface area contributed by atoms with E-state index in [0.29, 0.717) is 13.2 Å². The van der Waals surface area contributed by atoms with Crippen LogP contribution in [0.15, 0.2) is 18.2 Å². The van der Waals surface area contributed by atoms with Crippen LogP contribution in [-0.4, -0.2) is 13.2 Å². The Kier molecular flexibility index (Phi) is 6.53. The minimum Gasteiger partial charge on any atom is -0.490 e. The Labute approximate surface area is 105 Å². The van der Waals surface area contributed by atoms with Gasteiger partial charge in [-0.1, -0.05) is 25.8 Å². The number of benzene rings is 1. The molecule has 0 saturated heterocycles. The minimum absolute atomic E-state index is 0.676. The van der Waals surface area contributed by atoms with Crippen LogP contribution in [0.4, 0.5) is 0 Å². The van der Waals surface area contributed by atoms with Crippen LogP contribution in [0.5, 0.6) is 11.5 Å². The second-order valence-electron chi connectivity index (χ2n) is 4.10. The fourth-order valence-corrected chi connectivity index (χ4v) is 1.83. The van der Waals surface area contributed by atoms with E-state index < -0.39 is 0 Å². The van der Waals surface area contributed by atoms with Crippen molar-refractivity contribution in [2.24, 2.45) is 0 Å². The van der Waals surface area contributed by atoms with E-state index in [0.717, 1.165) is 17.9 Å². The monoisotopic (exact) mass is 236 g/mol. The highest BCUT2D eigenvalue weighted by atomic mass is 16.5. The zero-order valence-corrected chi connectivity index (χ0v) is 11.3. The molecule has 2 nitrogen and oxygen atoms in total. The van der Waals surface area contributed by atoms with Crippen molar-refractivity contribution in [3.63, 3.8) is 0 Å². The third-order valence-electron chi connectivity index (χ3n) is 2.68. The normalized spacial score (nSPS) is 10.3. The number of unbranched alkanes of at least 4 members (excludes halogenated alkanes) is 2. The summed E-state index contributed by atoms with van der Waals surface area (Å²) in [7, 11) is 0. The SMILES string of the molecule is CCCCCc1ccc(OCC)c(OCC)c1. The van der Waals surface area contributed by atoms with Gasteiger partial charge in [-0.15, -0.1) is 0 Å². The Hall–Kier alpha value is -1.18. The molecular formula is C15H24O2. The Morgan fingerprint density at radius 3 is 2.24 bits per heavy atom. The summed E-state index contributed by atoms with van der Waals surface area (Å²) < 4.78 is 11.2. The molecule has 17 heavy (non-hydrogen) atoms. The topological polar surface area (TPSA) is 18.5 Å². The summed E-state index contributed by atoms with van der Waals surface area (Å²) in [5, 5.41) is 0. The summed E-state index contributed by atoms with van der Waals surface area (Å²) in [6.07, 6.45) is 4.92. The first-order valence-electron chi connectivity index (χ1n) is 6.70. The van der Waals surface area contributed by atoms with Gasteiger partial charge in [-0.3, -0.25) is 0 Å². The highest BCUT2D eigenvalue weighted by Crippen LogP contribution is 2.29. The molecule has 1 rings (SSSR count). The van der Waals surface area contributed by atoms with E-state index >= 15 is 0 Å². The molecule has 1 aromatic carbocycles. The summed E-state index contributed by atoms with van der Waals surface area (Å²) in [5.74, 6) is 1.73. The standard InChI is InChI=1S/C15H24O2/c1-4-7-8-9-13-10-11-14(16-5-2)15(12-13)17-6-3/h10-12H,4-9H2,1-3H3. The second kappa shape index (κ2) is 7.99. The molecule has 2 heteroatoms. The Balaban J connectivity index is 2.70. The lowest BCUT2D eigenvalue weighted by Gasteiger charge is -2.12. The number of aryl methyl sites for hydroxylation is 1. The Bertz CT molecular complexity index is 321. The third-order valence-corrected chi connectivity index (χ3v) is 2.68. The van der Waals surface area contributed by atoms with E-state index in [9.17, 15) is 0 Å². The number of rotatable bonds is 8. The van der Waals surface area contributed by atoms with Crippen LogP contribution in [0.1, 0.15) is 45.6 Å². The van der Waals surface area contributed by atoms with Crippen molar-refractivity contribution < 1.29 is 9.47 Å². The first-order chi connectivity index (χ1) is 8.31. The van der Waals surface area contributed by atoms with Gasteiger partial charge in [0.2, 0.25) is 0 Å². The first kappa shape index (κ1) is 13.9. The molecule has 0 bridgehead atoms. The zero-order valence-electron chi connectivity index (χ0n) is 11.3. The summed E-state index contributed by atoms with van der Waals surface area (Å²) in [4.78, 5) is 0. The molecule has 0 aliphatic heterocycles. The van der Waals surface area contributed by atoms with E-state index in [1.807, 2.05) is 19.9 Å². The first-order valence-corrected chi connectivity index (χ1v) is 6.70. The van der Waals surface area contributed by atoms with Crippen LogP contribution in [-0.2, 0) is 6.42 Å². The van der Waals surface area contributed by atoms with Crippen molar-refractivity contribution in [2.45, 2.75) is 46.5 Å². The maximum absolute atomic E-state index is 5.61. The number of hydrogen-bond acceptors (Lipinski definition) is 2. The van der Waals surface area contributed by atoms with E-state index in [-0.39, 0.29) is 0 Å². The van der Waals surface area contributed by atoms with Gasteiger partial charge in [0.05, 0.1) is 13.2 Å². The molecule has 96 valence electrons. The van der Waals surface area contributed by atoms with E-state index in [1.165, 1.54) is 24.8 Å². The predicted molar refractivity (Wildman–Crippen MR) is 72.0 cm³/mol. The molecule has 0 unspecified atom stereocenters.